The third-order valence-electron chi connectivity index (χ3n) is 1.82. The highest BCUT2D eigenvalue weighted by Crippen LogP contribution is 1.96. The Balaban J connectivity index is 2.65. The van der Waals surface area contributed by atoms with Gasteiger partial charge in [0.1, 0.15) is 11.7 Å². The normalized spacial score (nSPS) is 11.8. The highest BCUT2D eigenvalue weighted by atomic mass is 16.4. The van der Waals surface area contributed by atoms with Crippen molar-refractivity contribution in [3.05, 3.63) is 24.3 Å². The standard InChI is InChI=1S/C9H11N3O4/c13-4-1-6(9(15)16)12-8(14)7-5-10-2-3-11-7/h2-3,5-6,13H,1,4H2,(H,12,14)(H,15,16)/t6-/m1/s1. The number of carboxylic acid groups (broad SMARTS) is 1. The molecule has 0 aromatic carbocycles. The van der Waals surface area contributed by atoms with E-state index in [0.29, 0.717) is 0 Å². The minimum atomic E-state index is -1.20. The van der Waals surface area contributed by atoms with Crippen LogP contribution in [0, 0.1) is 0 Å². The zero-order valence-electron chi connectivity index (χ0n) is 8.33. The summed E-state index contributed by atoms with van der Waals surface area (Å²) in [5, 5.41) is 19.6. The molecule has 0 aliphatic carbocycles. The summed E-state index contributed by atoms with van der Waals surface area (Å²) >= 11 is 0. The van der Waals surface area contributed by atoms with Gasteiger partial charge in [-0.2, -0.15) is 0 Å². The molecule has 1 amide bonds. The van der Waals surface area contributed by atoms with Gasteiger partial charge in [0.05, 0.1) is 6.20 Å². The highest BCUT2D eigenvalue weighted by Gasteiger charge is 2.20. The molecule has 1 aromatic rings. The summed E-state index contributed by atoms with van der Waals surface area (Å²) in [5.41, 5.74) is 0.0340. The number of carbonyl (C=O) groups excluding carboxylic acids is 1. The molecule has 0 unspecified atom stereocenters. The van der Waals surface area contributed by atoms with Gasteiger partial charge >= 0.3 is 5.97 Å². The number of aromatic nitrogens is 2. The zero-order chi connectivity index (χ0) is 12.0. The van der Waals surface area contributed by atoms with Crippen LogP contribution >= 0.6 is 0 Å². The first kappa shape index (κ1) is 12.1. The number of carbonyl (C=O) groups is 2. The molecule has 1 atom stereocenters. The van der Waals surface area contributed by atoms with Crippen LogP contribution < -0.4 is 5.32 Å². The van der Waals surface area contributed by atoms with E-state index in [9.17, 15) is 9.59 Å². The Labute approximate surface area is 91.2 Å². The summed E-state index contributed by atoms with van der Waals surface area (Å²) in [4.78, 5) is 29.6. The lowest BCUT2D eigenvalue weighted by Gasteiger charge is -2.12. The summed E-state index contributed by atoms with van der Waals surface area (Å²) in [6, 6.07) is -1.13. The van der Waals surface area contributed by atoms with Crippen molar-refractivity contribution in [1.82, 2.24) is 15.3 Å². The minimum absolute atomic E-state index is 0.0340. The number of aliphatic carboxylic acids is 1. The Morgan fingerprint density at radius 3 is 2.69 bits per heavy atom. The second kappa shape index (κ2) is 5.76. The predicted molar refractivity (Wildman–Crippen MR) is 52.6 cm³/mol. The molecule has 0 spiro atoms. The van der Waals surface area contributed by atoms with E-state index < -0.39 is 17.9 Å². The van der Waals surface area contributed by atoms with E-state index in [1.54, 1.807) is 0 Å². The van der Waals surface area contributed by atoms with Gasteiger partial charge in [0.2, 0.25) is 0 Å². The molecule has 0 saturated heterocycles. The number of aliphatic hydroxyl groups excluding tert-OH is 1. The van der Waals surface area contributed by atoms with Gasteiger partial charge in [-0.25, -0.2) is 9.78 Å². The Morgan fingerprint density at radius 1 is 1.44 bits per heavy atom. The SMILES string of the molecule is O=C(N[C@H](CCO)C(=O)O)c1cnccn1. The second-order valence-corrected chi connectivity index (χ2v) is 2.97. The lowest BCUT2D eigenvalue weighted by Crippen LogP contribution is -2.41. The van der Waals surface area contributed by atoms with E-state index in [1.165, 1.54) is 18.6 Å². The van der Waals surface area contributed by atoms with Gasteiger partial charge in [-0.1, -0.05) is 0 Å². The quantitative estimate of drug-likeness (QED) is 0.595. The van der Waals surface area contributed by atoms with Gasteiger partial charge in [0, 0.05) is 25.4 Å². The Bertz CT molecular complexity index is 368. The predicted octanol–water partition coefficient (Wildman–Crippen LogP) is -0.958. The molecule has 16 heavy (non-hydrogen) atoms. The molecular weight excluding hydrogens is 214 g/mol. The lowest BCUT2D eigenvalue weighted by atomic mass is 10.2. The topological polar surface area (TPSA) is 112 Å². The van der Waals surface area contributed by atoms with Crippen LogP contribution in [0.3, 0.4) is 0 Å². The number of aliphatic hydroxyl groups is 1. The third-order valence-corrected chi connectivity index (χ3v) is 1.82. The second-order valence-electron chi connectivity index (χ2n) is 2.97. The van der Waals surface area contributed by atoms with Crippen LogP contribution in [0.15, 0.2) is 18.6 Å². The van der Waals surface area contributed by atoms with E-state index in [-0.39, 0.29) is 18.7 Å². The van der Waals surface area contributed by atoms with E-state index in [2.05, 4.69) is 15.3 Å². The molecule has 7 heteroatoms. The van der Waals surface area contributed by atoms with Crippen LogP contribution in [0.2, 0.25) is 0 Å². The molecule has 0 fully saturated rings. The first-order chi connectivity index (χ1) is 7.65. The Hall–Kier alpha value is -2.02. The average Bonchev–Trinajstić information content (AvgIpc) is 2.29. The molecular formula is C9H11N3O4. The Morgan fingerprint density at radius 2 is 2.19 bits per heavy atom. The minimum Gasteiger partial charge on any atom is -0.480 e. The van der Waals surface area contributed by atoms with Gasteiger partial charge in [-0.3, -0.25) is 9.78 Å². The largest absolute Gasteiger partial charge is 0.480 e. The van der Waals surface area contributed by atoms with Crippen molar-refractivity contribution in [1.29, 1.82) is 0 Å². The molecule has 86 valence electrons. The van der Waals surface area contributed by atoms with Gasteiger partial charge in [0.15, 0.2) is 0 Å². The monoisotopic (exact) mass is 225 g/mol. The number of rotatable bonds is 5. The van der Waals surface area contributed by atoms with Gasteiger partial charge < -0.3 is 15.5 Å². The fourth-order valence-electron chi connectivity index (χ4n) is 1.04. The number of amides is 1. The van der Waals surface area contributed by atoms with Crippen LogP contribution in [0.5, 0.6) is 0 Å². The molecule has 0 saturated carbocycles. The van der Waals surface area contributed by atoms with Crippen LogP contribution in [0.1, 0.15) is 16.9 Å². The zero-order valence-corrected chi connectivity index (χ0v) is 8.33. The number of carboxylic acids is 1. The van der Waals surface area contributed by atoms with Gasteiger partial charge in [-0.15, -0.1) is 0 Å². The summed E-state index contributed by atoms with van der Waals surface area (Å²) in [6.45, 7) is -0.322. The average molecular weight is 225 g/mol. The van der Waals surface area contributed by atoms with Gasteiger partial charge in [-0.05, 0) is 0 Å². The molecule has 0 radical (unpaired) electrons. The fourth-order valence-corrected chi connectivity index (χ4v) is 1.04. The number of hydrogen-bond acceptors (Lipinski definition) is 5. The van der Waals surface area contributed by atoms with E-state index in [4.69, 9.17) is 10.2 Å². The third kappa shape index (κ3) is 3.28. The molecule has 1 rings (SSSR count). The first-order valence-corrected chi connectivity index (χ1v) is 4.55. The summed E-state index contributed by atoms with van der Waals surface area (Å²) in [6.07, 6.45) is 3.91. The summed E-state index contributed by atoms with van der Waals surface area (Å²) in [5.74, 6) is -1.83. The van der Waals surface area contributed by atoms with E-state index in [0.717, 1.165) is 0 Å². The van der Waals surface area contributed by atoms with Crippen molar-refractivity contribution in [2.24, 2.45) is 0 Å². The molecule has 7 nitrogen and oxygen atoms in total. The summed E-state index contributed by atoms with van der Waals surface area (Å²) in [7, 11) is 0. The van der Waals surface area contributed by atoms with Crippen molar-refractivity contribution in [2.45, 2.75) is 12.5 Å². The number of hydrogen-bond donors (Lipinski definition) is 3. The number of nitrogens with zero attached hydrogens (tertiary/aromatic N) is 2. The van der Waals surface area contributed by atoms with Crippen molar-refractivity contribution < 1.29 is 19.8 Å². The van der Waals surface area contributed by atoms with Crippen molar-refractivity contribution in [3.63, 3.8) is 0 Å². The van der Waals surface area contributed by atoms with Crippen LogP contribution in [-0.4, -0.2) is 44.7 Å². The van der Waals surface area contributed by atoms with Gasteiger partial charge in [0.25, 0.3) is 5.91 Å². The first-order valence-electron chi connectivity index (χ1n) is 4.55. The fraction of sp³-hybridized carbons (Fsp3) is 0.333. The molecule has 0 bridgehead atoms. The lowest BCUT2D eigenvalue weighted by molar-refractivity contribution is -0.139. The van der Waals surface area contributed by atoms with E-state index >= 15 is 0 Å². The van der Waals surface area contributed by atoms with E-state index in [1.807, 2.05) is 0 Å². The van der Waals surface area contributed by atoms with Crippen LogP contribution in [-0.2, 0) is 4.79 Å². The van der Waals surface area contributed by atoms with Crippen molar-refractivity contribution >= 4 is 11.9 Å². The van der Waals surface area contributed by atoms with Crippen molar-refractivity contribution in [3.8, 4) is 0 Å². The summed E-state index contributed by atoms with van der Waals surface area (Å²) < 4.78 is 0. The van der Waals surface area contributed by atoms with Crippen LogP contribution in [0.4, 0.5) is 0 Å². The molecule has 0 aliphatic rings. The smallest absolute Gasteiger partial charge is 0.326 e. The highest BCUT2D eigenvalue weighted by molar-refractivity contribution is 5.94. The Kier molecular flexibility index (Phi) is 4.34. The maximum atomic E-state index is 11.5. The molecule has 0 aliphatic heterocycles. The maximum absolute atomic E-state index is 11.5. The maximum Gasteiger partial charge on any atom is 0.326 e. The molecule has 1 aromatic heterocycles. The molecule has 3 N–H and O–H groups in total. The van der Waals surface area contributed by atoms with Crippen molar-refractivity contribution in [2.75, 3.05) is 6.61 Å². The van der Waals surface area contributed by atoms with Crippen LogP contribution in [0.25, 0.3) is 0 Å². The number of nitrogens with one attached hydrogen (secondary N) is 1. The molecule has 1 heterocycles.